The fraction of sp³-hybridized carbons (Fsp3) is 0.343. The van der Waals surface area contributed by atoms with E-state index in [0.717, 1.165) is 6.54 Å². The Balaban J connectivity index is 1.16. The molecule has 1 atom stereocenters. The predicted molar refractivity (Wildman–Crippen MR) is 177 cm³/mol. The first kappa shape index (κ1) is 34.0. The molecule has 48 heavy (non-hydrogen) atoms. The summed E-state index contributed by atoms with van der Waals surface area (Å²) in [5.41, 5.74) is 3.26. The Morgan fingerprint density at radius 3 is 2.27 bits per heavy atom. The fourth-order valence-corrected chi connectivity index (χ4v) is 5.17. The highest BCUT2D eigenvalue weighted by molar-refractivity contribution is 5.85. The van der Waals surface area contributed by atoms with E-state index in [9.17, 15) is 19.5 Å². The first-order chi connectivity index (χ1) is 22.8. The Bertz CT molecular complexity index is 1740. The van der Waals surface area contributed by atoms with Gasteiger partial charge < -0.3 is 24.6 Å². The number of amides is 3. The van der Waals surface area contributed by atoms with Gasteiger partial charge in [-0.25, -0.2) is 18.8 Å². The van der Waals surface area contributed by atoms with Crippen molar-refractivity contribution < 1.29 is 33.1 Å². The molecular formula is C35H39FN6O6. The van der Waals surface area contributed by atoms with Crippen molar-refractivity contribution in [1.82, 2.24) is 25.3 Å². The molecule has 0 bridgehead atoms. The van der Waals surface area contributed by atoms with E-state index in [-0.39, 0.29) is 23.7 Å². The van der Waals surface area contributed by atoms with Gasteiger partial charge in [0.15, 0.2) is 0 Å². The smallest absolute Gasteiger partial charge is 0.412 e. The maximum atomic E-state index is 15.2. The van der Waals surface area contributed by atoms with Crippen LogP contribution in [-0.4, -0.2) is 81.0 Å². The molecule has 0 saturated carbocycles. The highest BCUT2D eigenvalue weighted by atomic mass is 19.1. The summed E-state index contributed by atoms with van der Waals surface area (Å²) in [5.74, 6) is -1.74. The quantitative estimate of drug-likeness (QED) is 0.205. The minimum atomic E-state index is -1.25. The van der Waals surface area contributed by atoms with Crippen molar-refractivity contribution in [3.8, 4) is 22.8 Å². The zero-order chi connectivity index (χ0) is 34.4. The second-order valence-corrected chi connectivity index (χ2v) is 12.7. The van der Waals surface area contributed by atoms with Crippen LogP contribution in [0.1, 0.15) is 37.5 Å². The molecule has 252 valence electrons. The van der Waals surface area contributed by atoms with Gasteiger partial charge in [0.25, 0.3) is 5.89 Å². The minimum absolute atomic E-state index is 0.00890. The van der Waals surface area contributed by atoms with E-state index in [1.165, 1.54) is 23.3 Å². The molecule has 5 rings (SSSR count). The summed E-state index contributed by atoms with van der Waals surface area (Å²) in [4.78, 5) is 45.2. The van der Waals surface area contributed by atoms with Crippen molar-refractivity contribution in [2.24, 2.45) is 0 Å². The summed E-state index contributed by atoms with van der Waals surface area (Å²) in [5, 5.41) is 19.0. The van der Waals surface area contributed by atoms with Crippen LogP contribution in [0.2, 0.25) is 0 Å². The monoisotopic (exact) mass is 658 g/mol. The molecule has 1 unspecified atom stereocenters. The molecule has 1 aromatic heterocycles. The number of benzene rings is 3. The first-order valence-corrected chi connectivity index (χ1v) is 15.6. The zero-order valence-electron chi connectivity index (χ0n) is 27.3. The Labute approximate surface area is 277 Å². The highest BCUT2D eigenvalue weighted by Crippen LogP contribution is 2.26. The number of ether oxygens (including phenoxy) is 1. The summed E-state index contributed by atoms with van der Waals surface area (Å²) in [6.07, 6.45) is -0.707. The molecule has 1 aliphatic rings. The number of hydrogen-bond donors (Lipinski definition) is 3. The number of nitrogens with one attached hydrogen (secondary N) is 2. The van der Waals surface area contributed by atoms with Gasteiger partial charge in [0.05, 0.1) is 5.56 Å². The van der Waals surface area contributed by atoms with Crippen LogP contribution in [0.3, 0.4) is 0 Å². The van der Waals surface area contributed by atoms with Gasteiger partial charge in [0.2, 0.25) is 5.82 Å². The SMILES string of the molecule is Cc1ccc(CN2CCN(C(=O)NC(Cc3ccc(-c4noc(-c5ccc(NC(=O)OC(C)(C)C)cc5)n4)c(F)c3)C(=O)O)CC2)cc1. The zero-order valence-corrected chi connectivity index (χ0v) is 27.3. The van der Waals surface area contributed by atoms with Crippen molar-refractivity contribution >= 4 is 23.8 Å². The van der Waals surface area contributed by atoms with E-state index < -0.39 is 35.6 Å². The molecule has 3 amide bonds. The third kappa shape index (κ3) is 9.16. The Kier molecular flexibility index (Phi) is 10.4. The maximum Gasteiger partial charge on any atom is 0.412 e. The average molecular weight is 659 g/mol. The molecule has 3 aromatic carbocycles. The number of hydrogen-bond acceptors (Lipinski definition) is 8. The molecule has 0 aliphatic carbocycles. The molecule has 1 saturated heterocycles. The molecule has 0 radical (unpaired) electrons. The van der Waals surface area contributed by atoms with E-state index in [1.54, 1.807) is 56.0 Å². The maximum absolute atomic E-state index is 15.2. The Morgan fingerprint density at radius 1 is 0.979 bits per heavy atom. The lowest BCUT2D eigenvalue weighted by molar-refractivity contribution is -0.139. The van der Waals surface area contributed by atoms with Crippen LogP contribution in [0.5, 0.6) is 0 Å². The molecule has 3 N–H and O–H groups in total. The third-order valence-electron chi connectivity index (χ3n) is 7.70. The van der Waals surface area contributed by atoms with Crippen molar-refractivity contribution in [1.29, 1.82) is 0 Å². The Hall–Kier alpha value is -5.30. The minimum Gasteiger partial charge on any atom is -0.480 e. The second-order valence-electron chi connectivity index (χ2n) is 12.7. The van der Waals surface area contributed by atoms with Crippen molar-refractivity contribution in [2.75, 3.05) is 31.5 Å². The molecule has 1 aliphatic heterocycles. The molecule has 4 aromatic rings. The summed E-state index contributed by atoms with van der Waals surface area (Å²) < 4.78 is 25.8. The third-order valence-corrected chi connectivity index (χ3v) is 7.70. The normalized spacial score (nSPS) is 14.3. The van der Waals surface area contributed by atoms with Gasteiger partial charge in [0, 0.05) is 50.4 Å². The predicted octanol–water partition coefficient (Wildman–Crippen LogP) is 5.72. The van der Waals surface area contributed by atoms with E-state index in [2.05, 4.69) is 49.9 Å². The van der Waals surface area contributed by atoms with Crippen LogP contribution in [0, 0.1) is 12.7 Å². The van der Waals surface area contributed by atoms with Crippen molar-refractivity contribution in [3.05, 3.63) is 89.2 Å². The number of carboxylic acids is 1. The van der Waals surface area contributed by atoms with Gasteiger partial charge in [-0.2, -0.15) is 4.98 Å². The summed E-state index contributed by atoms with van der Waals surface area (Å²) in [7, 11) is 0. The molecule has 0 spiro atoms. The summed E-state index contributed by atoms with van der Waals surface area (Å²) in [6.45, 7) is 10.4. The number of nitrogens with zero attached hydrogens (tertiary/aromatic N) is 4. The molecule has 1 fully saturated rings. The van der Waals surface area contributed by atoms with Gasteiger partial charge in [-0.3, -0.25) is 10.2 Å². The van der Waals surface area contributed by atoms with E-state index >= 15 is 4.39 Å². The van der Waals surface area contributed by atoms with Crippen LogP contribution in [-0.2, 0) is 22.5 Å². The largest absolute Gasteiger partial charge is 0.480 e. The van der Waals surface area contributed by atoms with E-state index in [0.29, 0.717) is 43.0 Å². The lowest BCUT2D eigenvalue weighted by Crippen LogP contribution is -2.54. The van der Waals surface area contributed by atoms with Crippen molar-refractivity contribution in [2.45, 2.75) is 52.3 Å². The van der Waals surface area contributed by atoms with Gasteiger partial charge in [-0.05, 0) is 75.2 Å². The highest BCUT2D eigenvalue weighted by Gasteiger charge is 2.27. The number of aliphatic carboxylic acids is 1. The number of aromatic nitrogens is 2. The molecule has 12 nitrogen and oxygen atoms in total. The number of carbonyl (C=O) groups is 3. The number of aryl methyl sites for hydroxylation is 1. The summed E-state index contributed by atoms with van der Waals surface area (Å²) in [6, 6.07) is 17.4. The topological polar surface area (TPSA) is 150 Å². The van der Waals surface area contributed by atoms with Crippen LogP contribution in [0.25, 0.3) is 22.8 Å². The number of rotatable bonds is 9. The summed E-state index contributed by atoms with van der Waals surface area (Å²) >= 11 is 0. The van der Waals surface area contributed by atoms with Crippen LogP contribution in [0.15, 0.2) is 71.3 Å². The number of anilines is 1. The Morgan fingerprint density at radius 2 is 1.65 bits per heavy atom. The first-order valence-electron chi connectivity index (χ1n) is 15.6. The van der Waals surface area contributed by atoms with E-state index in [1.807, 2.05) is 6.92 Å². The van der Waals surface area contributed by atoms with Crippen LogP contribution in [0.4, 0.5) is 19.7 Å². The van der Waals surface area contributed by atoms with Gasteiger partial charge >= 0.3 is 18.1 Å². The number of carbonyl (C=O) groups excluding carboxylic acids is 2. The van der Waals surface area contributed by atoms with E-state index in [4.69, 9.17) is 9.26 Å². The lowest BCUT2D eigenvalue weighted by atomic mass is 10.0. The lowest BCUT2D eigenvalue weighted by Gasteiger charge is -2.35. The number of carboxylic acid groups (broad SMARTS) is 1. The molecule has 13 heteroatoms. The number of urea groups is 1. The number of halogens is 1. The number of piperazine rings is 1. The second kappa shape index (κ2) is 14.6. The van der Waals surface area contributed by atoms with Gasteiger partial charge in [0.1, 0.15) is 17.5 Å². The van der Waals surface area contributed by atoms with Gasteiger partial charge in [-0.1, -0.05) is 41.1 Å². The fourth-order valence-electron chi connectivity index (χ4n) is 5.17. The van der Waals surface area contributed by atoms with Crippen LogP contribution < -0.4 is 10.6 Å². The average Bonchev–Trinajstić information content (AvgIpc) is 3.51. The molecular weight excluding hydrogens is 619 g/mol. The standard InChI is InChI=1S/C35H39FN6O6/c1-22-5-7-23(8-6-22)21-41-15-17-42(18-16-41)33(45)38-29(32(43)44)20-24-9-14-27(28(36)19-24)30-39-31(48-40-30)25-10-12-26(13-11-25)37-34(46)47-35(2,3)4/h5-14,19,29H,15-18,20-21H2,1-4H3,(H,37,46)(H,38,45)(H,43,44). The van der Waals surface area contributed by atoms with Gasteiger partial charge in [-0.15, -0.1) is 0 Å². The van der Waals surface area contributed by atoms with Crippen molar-refractivity contribution in [3.63, 3.8) is 0 Å². The molecule has 2 heterocycles. The van der Waals surface area contributed by atoms with Crippen LogP contribution >= 0.6 is 0 Å².